The average Bonchev–Trinajstić information content (AvgIpc) is 2.59. The fourth-order valence-electron chi connectivity index (χ4n) is 3.57. The molecular weight excluding hydrogens is 288 g/mol. The van der Waals surface area contributed by atoms with Gasteiger partial charge in [-0.05, 0) is 18.8 Å². The predicted octanol–water partition coefficient (Wildman–Crippen LogP) is 9.28. The topological polar surface area (TPSA) is 0 Å². The van der Waals surface area contributed by atoms with Crippen LogP contribution in [0, 0.1) is 12.3 Å². The van der Waals surface area contributed by atoms with Gasteiger partial charge in [0.15, 0.2) is 0 Å². The highest BCUT2D eigenvalue weighted by molar-refractivity contribution is 4.69. The van der Waals surface area contributed by atoms with Crippen LogP contribution in [0.25, 0.3) is 0 Å². The lowest BCUT2D eigenvalue weighted by Gasteiger charge is -2.11. The summed E-state index contributed by atoms with van der Waals surface area (Å²) in [4.78, 5) is 0. The maximum Gasteiger partial charge on any atom is -0.0383 e. The summed E-state index contributed by atoms with van der Waals surface area (Å²) in [6.45, 7) is 7.05. The van der Waals surface area contributed by atoms with Crippen LogP contribution in [0.3, 0.4) is 0 Å². The quantitative estimate of drug-likeness (QED) is 0.194. The Hall–Kier alpha value is 0. The summed E-state index contributed by atoms with van der Waals surface area (Å²) in [6.07, 6.45) is 29.9. The Morgan fingerprint density at radius 2 is 0.958 bits per heavy atom. The normalized spacial score (nSPS) is 12.6. The highest BCUT2D eigenvalue weighted by atomic mass is 14.1. The van der Waals surface area contributed by atoms with Gasteiger partial charge in [0.2, 0.25) is 0 Å². The minimum atomic E-state index is 0.916. The molecule has 0 amide bonds. The van der Waals surface area contributed by atoms with E-state index in [-0.39, 0.29) is 0 Å². The first-order chi connectivity index (χ1) is 11.8. The lowest BCUT2D eigenvalue weighted by Crippen LogP contribution is -1.95. The monoisotopic (exact) mass is 337 g/mol. The first-order valence-electron chi connectivity index (χ1n) is 11.6. The zero-order valence-electron chi connectivity index (χ0n) is 17.6. The minimum absolute atomic E-state index is 0.916. The molecule has 0 aliphatic carbocycles. The van der Waals surface area contributed by atoms with E-state index in [2.05, 4.69) is 27.2 Å². The molecule has 1 atom stereocenters. The van der Waals surface area contributed by atoms with Crippen molar-refractivity contribution in [1.82, 2.24) is 0 Å². The maximum atomic E-state index is 2.58. The summed E-state index contributed by atoms with van der Waals surface area (Å²) >= 11 is 0. The third-order valence-corrected chi connectivity index (χ3v) is 5.38. The van der Waals surface area contributed by atoms with E-state index in [0.29, 0.717) is 0 Å². The molecule has 0 nitrogen and oxygen atoms in total. The minimum Gasteiger partial charge on any atom is -0.0654 e. The first kappa shape index (κ1) is 24.0. The van der Waals surface area contributed by atoms with Crippen LogP contribution in [0.1, 0.15) is 143 Å². The molecular formula is C24H49. The largest absolute Gasteiger partial charge is 0.0654 e. The summed E-state index contributed by atoms with van der Waals surface area (Å²) in [5, 5.41) is 0. The van der Waals surface area contributed by atoms with Gasteiger partial charge in [-0.2, -0.15) is 0 Å². The Morgan fingerprint density at radius 3 is 1.46 bits per heavy atom. The lowest BCUT2D eigenvalue weighted by molar-refractivity contribution is 0.467. The Balaban J connectivity index is 3.11. The van der Waals surface area contributed by atoms with Crippen molar-refractivity contribution in [3.63, 3.8) is 0 Å². The highest BCUT2D eigenvalue weighted by Gasteiger charge is 2.02. The van der Waals surface area contributed by atoms with E-state index in [4.69, 9.17) is 0 Å². The second-order valence-corrected chi connectivity index (χ2v) is 8.16. The SMILES string of the molecule is CCCCCCCCCC[CH]CC(C)CCCCCCCCCC. The summed E-state index contributed by atoms with van der Waals surface area (Å²) in [5.41, 5.74) is 0. The summed E-state index contributed by atoms with van der Waals surface area (Å²) in [5.74, 6) is 0.916. The second-order valence-electron chi connectivity index (χ2n) is 8.16. The zero-order chi connectivity index (χ0) is 17.7. The maximum absolute atomic E-state index is 2.58. The fraction of sp³-hybridized carbons (Fsp3) is 0.958. The molecule has 0 aromatic carbocycles. The summed E-state index contributed by atoms with van der Waals surface area (Å²) in [6, 6.07) is 0. The van der Waals surface area contributed by atoms with Crippen LogP contribution in [0.4, 0.5) is 0 Å². The van der Waals surface area contributed by atoms with Crippen molar-refractivity contribution < 1.29 is 0 Å². The van der Waals surface area contributed by atoms with Gasteiger partial charge in [-0.1, -0.05) is 136 Å². The molecule has 0 saturated carbocycles. The van der Waals surface area contributed by atoms with E-state index in [1.165, 1.54) is 122 Å². The molecule has 145 valence electrons. The van der Waals surface area contributed by atoms with E-state index >= 15 is 0 Å². The number of unbranched alkanes of at least 4 members (excludes halogenated alkanes) is 16. The van der Waals surface area contributed by atoms with Crippen molar-refractivity contribution >= 4 is 0 Å². The van der Waals surface area contributed by atoms with Gasteiger partial charge < -0.3 is 0 Å². The predicted molar refractivity (Wildman–Crippen MR) is 113 cm³/mol. The number of hydrogen-bond acceptors (Lipinski definition) is 0. The van der Waals surface area contributed by atoms with E-state index in [0.717, 1.165) is 5.92 Å². The molecule has 0 bridgehead atoms. The van der Waals surface area contributed by atoms with Crippen molar-refractivity contribution in [2.75, 3.05) is 0 Å². The van der Waals surface area contributed by atoms with Crippen LogP contribution in [0.15, 0.2) is 0 Å². The Morgan fingerprint density at radius 1 is 0.542 bits per heavy atom. The second kappa shape index (κ2) is 21.0. The highest BCUT2D eigenvalue weighted by Crippen LogP contribution is 2.18. The van der Waals surface area contributed by atoms with E-state index in [1.807, 2.05) is 0 Å². The summed E-state index contributed by atoms with van der Waals surface area (Å²) in [7, 11) is 0. The van der Waals surface area contributed by atoms with E-state index in [1.54, 1.807) is 0 Å². The molecule has 0 fully saturated rings. The fourth-order valence-corrected chi connectivity index (χ4v) is 3.57. The van der Waals surface area contributed by atoms with Gasteiger partial charge >= 0.3 is 0 Å². The molecule has 0 aliphatic heterocycles. The van der Waals surface area contributed by atoms with E-state index in [9.17, 15) is 0 Å². The number of hydrogen-bond donors (Lipinski definition) is 0. The molecule has 0 heterocycles. The van der Waals surface area contributed by atoms with Crippen LogP contribution in [-0.2, 0) is 0 Å². The Kier molecular flexibility index (Phi) is 21.0. The van der Waals surface area contributed by atoms with Crippen molar-refractivity contribution in [1.29, 1.82) is 0 Å². The Bertz CT molecular complexity index is 208. The third kappa shape index (κ3) is 20.0. The molecule has 0 saturated heterocycles. The van der Waals surface area contributed by atoms with Gasteiger partial charge in [0.05, 0.1) is 0 Å². The molecule has 0 spiro atoms. The lowest BCUT2D eigenvalue weighted by atomic mass is 9.95. The third-order valence-electron chi connectivity index (χ3n) is 5.38. The van der Waals surface area contributed by atoms with Crippen molar-refractivity contribution in [2.24, 2.45) is 5.92 Å². The van der Waals surface area contributed by atoms with Gasteiger partial charge in [0.1, 0.15) is 0 Å². The molecule has 0 rings (SSSR count). The molecule has 0 aromatic rings. The zero-order valence-corrected chi connectivity index (χ0v) is 17.6. The molecule has 0 N–H and O–H groups in total. The van der Waals surface area contributed by atoms with Crippen molar-refractivity contribution in [3.05, 3.63) is 6.42 Å². The van der Waals surface area contributed by atoms with Gasteiger partial charge in [-0.3, -0.25) is 0 Å². The van der Waals surface area contributed by atoms with Gasteiger partial charge in [0, 0.05) is 0 Å². The van der Waals surface area contributed by atoms with Crippen LogP contribution >= 0.6 is 0 Å². The first-order valence-corrected chi connectivity index (χ1v) is 11.6. The average molecular weight is 338 g/mol. The van der Waals surface area contributed by atoms with Gasteiger partial charge in [-0.15, -0.1) is 0 Å². The van der Waals surface area contributed by atoms with Crippen LogP contribution in [0.2, 0.25) is 0 Å². The smallest absolute Gasteiger partial charge is 0.0383 e. The molecule has 0 aliphatic rings. The summed E-state index contributed by atoms with van der Waals surface area (Å²) < 4.78 is 0. The Labute approximate surface area is 155 Å². The van der Waals surface area contributed by atoms with Crippen LogP contribution in [0.5, 0.6) is 0 Å². The van der Waals surface area contributed by atoms with Crippen molar-refractivity contribution in [2.45, 2.75) is 143 Å². The van der Waals surface area contributed by atoms with Crippen molar-refractivity contribution in [3.8, 4) is 0 Å². The molecule has 1 unspecified atom stereocenters. The molecule has 24 heavy (non-hydrogen) atoms. The van der Waals surface area contributed by atoms with Crippen LogP contribution in [-0.4, -0.2) is 0 Å². The standard InChI is InChI=1S/C24H49/c1-4-6-8-10-12-14-15-17-19-21-23-24(3)22-20-18-16-13-11-9-7-5-2/h21,24H,4-20,22-23H2,1-3H3. The van der Waals surface area contributed by atoms with Crippen LogP contribution < -0.4 is 0 Å². The molecule has 0 heteroatoms. The van der Waals surface area contributed by atoms with Gasteiger partial charge in [0.25, 0.3) is 0 Å². The van der Waals surface area contributed by atoms with Gasteiger partial charge in [-0.25, -0.2) is 0 Å². The molecule has 1 radical (unpaired) electrons. The van der Waals surface area contributed by atoms with E-state index < -0.39 is 0 Å². The molecule has 0 aromatic heterocycles. The number of rotatable bonds is 20.